The zero-order valence-electron chi connectivity index (χ0n) is 18.2. The lowest BCUT2D eigenvalue weighted by Gasteiger charge is -2.18. The molecule has 2 aromatic carbocycles. The first-order chi connectivity index (χ1) is 15.8. The van der Waals surface area contributed by atoms with Crippen molar-refractivity contribution in [2.24, 2.45) is 5.92 Å². The Morgan fingerprint density at radius 2 is 1.73 bits per heavy atom. The number of amides is 3. The van der Waals surface area contributed by atoms with Crippen LogP contribution in [0.5, 0.6) is 0 Å². The van der Waals surface area contributed by atoms with Crippen LogP contribution in [0.15, 0.2) is 59.1 Å². The molecule has 3 N–H and O–H groups in total. The van der Waals surface area contributed by atoms with Crippen molar-refractivity contribution < 1.29 is 23.6 Å². The minimum absolute atomic E-state index is 0.0409. The van der Waals surface area contributed by atoms with Crippen LogP contribution in [0.25, 0.3) is 11.3 Å². The van der Waals surface area contributed by atoms with E-state index in [1.165, 1.54) is 13.2 Å². The predicted molar refractivity (Wildman–Crippen MR) is 124 cm³/mol. The van der Waals surface area contributed by atoms with E-state index in [1.54, 1.807) is 62.4 Å². The maximum absolute atomic E-state index is 12.5. The van der Waals surface area contributed by atoms with Crippen LogP contribution in [0.2, 0.25) is 5.02 Å². The number of carbonyl (C=O) groups is 3. The summed E-state index contributed by atoms with van der Waals surface area (Å²) >= 11 is 6.04. The molecule has 0 saturated heterocycles. The molecule has 0 aliphatic carbocycles. The van der Waals surface area contributed by atoms with Gasteiger partial charge in [-0.3, -0.25) is 4.79 Å². The van der Waals surface area contributed by atoms with Crippen molar-refractivity contribution in [3.8, 4) is 11.3 Å². The number of rotatable bonds is 7. The second-order valence-corrected chi connectivity index (χ2v) is 7.84. The summed E-state index contributed by atoms with van der Waals surface area (Å²) < 4.78 is 9.86. The van der Waals surface area contributed by atoms with Crippen LogP contribution in [0.3, 0.4) is 0 Å². The van der Waals surface area contributed by atoms with Gasteiger partial charge in [-0.1, -0.05) is 54.9 Å². The van der Waals surface area contributed by atoms with E-state index < -0.39 is 23.9 Å². The number of benzene rings is 2. The number of ether oxygens (including phenoxy) is 1. The molecule has 0 spiro atoms. The standard InChI is InChI=1S/C23H23ClN4O5/c1-13(2)20(22(30)32-3)27-21(29)19-12-18(28-33-19)14-8-10-15(11-9-14)25-23(31)26-17-7-5-4-6-16(17)24/h4-13,20H,1-3H3,(H,27,29)(H2,25,26,31). The highest BCUT2D eigenvalue weighted by Gasteiger charge is 2.27. The molecular formula is C23H23ClN4O5. The summed E-state index contributed by atoms with van der Waals surface area (Å²) in [5, 5.41) is 12.3. The number of hydrogen-bond acceptors (Lipinski definition) is 6. The highest BCUT2D eigenvalue weighted by atomic mass is 35.5. The van der Waals surface area contributed by atoms with Gasteiger partial charge >= 0.3 is 12.0 Å². The smallest absolute Gasteiger partial charge is 0.328 e. The van der Waals surface area contributed by atoms with E-state index in [2.05, 4.69) is 21.1 Å². The average molecular weight is 471 g/mol. The van der Waals surface area contributed by atoms with Crippen LogP contribution in [-0.4, -0.2) is 36.2 Å². The highest BCUT2D eigenvalue weighted by molar-refractivity contribution is 6.33. The summed E-state index contributed by atoms with van der Waals surface area (Å²) in [4.78, 5) is 36.5. The van der Waals surface area contributed by atoms with Crippen molar-refractivity contribution in [3.63, 3.8) is 0 Å². The summed E-state index contributed by atoms with van der Waals surface area (Å²) in [5.74, 6) is -1.33. The van der Waals surface area contributed by atoms with Crippen LogP contribution >= 0.6 is 11.6 Å². The fourth-order valence-corrected chi connectivity index (χ4v) is 3.11. The molecule has 33 heavy (non-hydrogen) atoms. The molecule has 0 aliphatic heterocycles. The Balaban J connectivity index is 1.63. The Labute approximate surface area is 195 Å². The van der Waals surface area contributed by atoms with E-state index in [1.807, 2.05) is 0 Å². The molecule has 3 amide bonds. The SMILES string of the molecule is COC(=O)C(NC(=O)c1cc(-c2ccc(NC(=O)Nc3ccccc3Cl)cc2)no1)C(C)C. The van der Waals surface area contributed by atoms with E-state index in [0.717, 1.165) is 0 Å². The molecule has 0 saturated carbocycles. The third-order valence-electron chi connectivity index (χ3n) is 4.70. The van der Waals surface area contributed by atoms with Gasteiger partial charge in [-0.05, 0) is 30.2 Å². The summed E-state index contributed by atoms with van der Waals surface area (Å²) in [5.41, 5.74) is 2.13. The number of methoxy groups -OCH3 is 1. The van der Waals surface area contributed by atoms with E-state index in [0.29, 0.717) is 27.7 Å². The molecule has 3 rings (SSSR count). The summed E-state index contributed by atoms with van der Waals surface area (Å²) in [6, 6.07) is 13.9. The monoisotopic (exact) mass is 470 g/mol. The second kappa shape index (κ2) is 10.6. The van der Waals surface area contributed by atoms with Gasteiger partial charge in [0.2, 0.25) is 5.76 Å². The lowest BCUT2D eigenvalue weighted by molar-refractivity contribution is -0.144. The first-order valence-electron chi connectivity index (χ1n) is 10.1. The molecule has 0 radical (unpaired) electrons. The van der Waals surface area contributed by atoms with Gasteiger partial charge in [0.25, 0.3) is 5.91 Å². The van der Waals surface area contributed by atoms with E-state index in [4.69, 9.17) is 20.9 Å². The van der Waals surface area contributed by atoms with Gasteiger partial charge in [0.15, 0.2) is 0 Å². The molecule has 1 heterocycles. The van der Waals surface area contributed by atoms with Crippen molar-refractivity contribution in [3.05, 3.63) is 65.4 Å². The lowest BCUT2D eigenvalue weighted by atomic mass is 10.0. The van der Waals surface area contributed by atoms with Crippen molar-refractivity contribution in [2.45, 2.75) is 19.9 Å². The Kier molecular flexibility index (Phi) is 7.68. The molecule has 0 bridgehead atoms. The minimum atomic E-state index is -0.807. The molecule has 0 fully saturated rings. The lowest BCUT2D eigenvalue weighted by Crippen LogP contribution is -2.44. The highest BCUT2D eigenvalue weighted by Crippen LogP contribution is 2.23. The van der Waals surface area contributed by atoms with Crippen molar-refractivity contribution in [1.29, 1.82) is 0 Å². The molecule has 1 unspecified atom stereocenters. The average Bonchev–Trinajstić information content (AvgIpc) is 3.29. The quantitative estimate of drug-likeness (QED) is 0.435. The van der Waals surface area contributed by atoms with E-state index in [9.17, 15) is 14.4 Å². The number of anilines is 2. The van der Waals surface area contributed by atoms with E-state index in [-0.39, 0.29) is 11.7 Å². The maximum atomic E-state index is 12.5. The van der Waals surface area contributed by atoms with Crippen LogP contribution in [0, 0.1) is 5.92 Å². The molecule has 0 aliphatic rings. The van der Waals surface area contributed by atoms with Crippen molar-refractivity contribution >= 4 is 40.9 Å². The fraction of sp³-hybridized carbons (Fsp3) is 0.217. The van der Waals surface area contributed by atoms with Gasteiger partial charge in [0, 0.05) is 17.3 Å². The van der Waals surface area contributed by atoms with Gasteiger partial charge in [0.05, 0.1) is 17.8 Å². The number of nitrogens with zero attached hydrogens (tertiary/aromatic N) is 1. The number of para-hydroxylation sites is 1. The summed E-state index contributed by atoms with van der Waals surface area (Å²) in [6.07, 6.45) is 0. The Morgan fingerprint density at radius 3 is 2.36 bits per heavy atom. The molecule has 1 atom stereocenters. The molecule has 9 nitrogen and oxygen atoms in total. The van der Waals surface area contributed by atoms with Crippen LogP contribution in [0.4, 0.5) is 16.2 Å². The molecular weight excluding hydrogens is 448 g/mol. The predicted octanol–water partition coefficient (Wildman–Crippen LogP) is 4.57. The number of nitrogens with one attached hydrogen (secondary N) is 3. The van der Waals surface area contributed by atoms with Crippen LogP contribution < -0.4 is 16.0 Å². The first-order valence-corrected chi connectivity index (χ1v) is 10.4. The summed E-state index contributed by atoms with van der Waals surface area (Å²) in [6.45, 7) is 3.58. The largest absolute Gasteiger partial charge is 0.467 e. The topological polar surface area (TPSA) is 123 Å². The van der Waals surface area contributed by atoms with Gasteiger partial charge in [0.1, 0.15) is 11.7 Å². The second-order valence-electron chi connectivity index (χ2n) is 7.43. The third kappa shape index (κ3) is 6.11. The zero-order valence-corrected chi connectivity index (χ0v) is 19.0. The first kappa shape index (κ1) is 23.8. The third-order valence-corrected chi connectivity index (χ3v) is 5.03. The van der Waals surface area contributed by atoms with Crippen LogP contribution in [-0.2, 0) is 9.53 Å². The van der Waals surface area contributed by atoms with Crippen molar-refractivity contribution in [2.75, 3.05) is 17.7 Å². The molecule has 10 heteroatoms. The number of carbonyl (C=O) groups excluding carboxylic acids is 3. The molecule has 3 aromatic rings. The van der Waals surface area contributed by atoms with Gasteiger partial charge in [-0.2, -0.15) is 0 Å². The number of urea groups is 1. The van der Waals surface area contributed by atoms with Crippen molar-refractivity contribution in [1.82, 2.24) is 10.5 Å². The van der Waals surface area contributed by atoms with Gasteiger partial charge < -0.3 is 25.2 Å². The maximum Gasteiger partial charge on any atom is 0.328 e. The zero-order chi connectivity index (χ0) is 24.0. The van der Waals surface area contributed by atoms with Gasteiger partial charge in [-0.15, -0.1) is 0 Å². The van der Waals surface area contributed by atoms with Gasteiger partial charge in [-0.25, -0.2) is 9.59 Å². The number of halogens is 1. The fourth-order valence-electron chi connectivity index (χ4n) is 2.93. The number of hydrogen-bond donors (Lipinski definition) is 3. The summed E-state index contributed by atoms with van der Waals surface area (Å²) in [7, 11) is 1.26. The van der Waals surface area contributed by atoms with Crippen LogP contribution in [0.1, 0.15) is 24.4 Å². The Bertz CT molecular complexity index is 1140. The Hall–Kier alpha value is -3.85. The Morgan fingerprint density at radius 1 is 1.03 bits per heavy atom. The normalized spacial score (nSPS) is 11.5. The van der Waals surface area contributed by atoms with E-state index >= 15 is 0 Å². The number of esters is 1. The number of aromatic nitrogens is 1. The minimum Gasteiger partial charge on any atom is -0.467 e. The molecule has 1 aromatic heterocycles. The molecule has 172 valence electrons.